The van der Waals surface area contributed by atoms with Gasteiger partial charge in [-0.2, -0.15) is 0 Å². The van der Waals surface area contributed by atoms with Crippen LogP contribution in [0.25, 0.3) is 0 Å². The van der Waals surface area contributed by atoms with Crippen LogP contribution in [0.3, 0.4) is 0 Å². The van der Waals surface area contributed by atoms with Gasteiger partial charge in [0.1, 0.15) is 5.69 Å². The van der Waals surface area contributed by atoms with Crippen LogP contribution in [-0.4, -0.2) is 17.4 Å². The van der Waals surface area contributed by atoms with E-state index in [1.807, 2.05) is 73.3 Å². The van der Waals surface area contributed by atoms with E-state index in [4.69, 9.17) is 0 Å². The van der Waals surface area contributed by atoms with Gasteiger partial charge in [-0.15, -0.1) is 0 Å². The average Bonchev–Trinajstić information content (AvgIpc) is 2.78. The van der Waals surface area contributed by atoms with Gasteiger partial charge in [-0.3, -0.25) is 14.9 Å². The zero-order valence-electron chi connectivity index (χ0n) is 17.2. The van der Waals surface area contributed by atoms with Crippen LogP contribution in [0.5, 0.6) is 0 Å². The Labute approximate surface area is 176 Å². The van der Waals surface area contributed by atoms with Crippen LogP contribution in [0.2, 0.25) is 0 Å². The van der Waals surface area contributed by atoms with E-state index in [1.165, 1.54) is 6.07 Å². The van der Waals surface area contributed by atoms with E-state index in [1.54, 1.807) is 12.1 Å². The fraction of sp³-hybridized carbons (Fsp3) is 0.208. The second-order valence-corrected chi connectivity index (χ2v) is 6.93. The first kappa shape index (κ1) is 21.0. The fourth-order valence-electron chi connectivity index (χ4n) is 3.39. The van der Waals surface area contributed by atoms with Gasteiger partial charge in [-0.25, -0.2) is 0 Å². The molecular formula is C24H25N3O3. The van der Waals surface area contributed by atoms with Crippen LogP contribution in [0.15, 0.2) is 72.8 Å². The SMILES string of the molecule is CCc1ccccc1NC(=O)c1ccc(N(CC)Cc2ccccc2)c([N+](=O)[O-])c1. The number of nitrogens with zero attached hydrogens (tertiary/aromatic N) is 2. The Hall–Kier alpha value is -3.67. The number of para-hydroxylation sites is 1. The molecule has 3 aromatic carbocycles. The Morgan fingerprint density at radius 2 is 1.70 bits per heavy atom. The molecule has 0 atom stereocenters. The van der Waals surface area contributed by atoms with Crippen molar-refractivity contribution in [3.05, 3.63) is 99.6 Å². The van der Waals surface area contributed by atoms with Crippen molar-refractivity contribution in [3.8, 4) is 0 Å². The second kappa shape index (κ2) is 9.69. The average molecular weight is 403 g/mol. The third kappa shape index (κ3) is 4.84. The lowest BCUT2D eigenvalue weighted by Crippen LogP contribution is -2.23. The van der Waals surface area contributed by atoms with Gasteiger partial charge in [0.25, 0.3) is 11.6 Å². The highest BCUT2D eigenvalue weighted by Gasteiger charge is 2.22. The van der Waals surface area contributed by atoms with Gasteiger partial charge in [0.2, 0.25) is 0 Å². The van der Waals surface area contributed by atoms with Crippen molar-refractivity contribution in [3.63, 3.8) is 0 Å². The minimum atomic E-state index is -0.431. The molecule has 0 spiro atoms. The lowest BCUT2D eigenvalue weighted by Gasteiger charge is -2.23. The minimum absolute atomic E-state index is 0.0794. The molecule has 6 nitrogen and oxygen atoms in total. The monoisotopic (exact) mass is 403 g/mol. The van der Waals surface area contributed by atoms with Crippen LogP contribution in [0.4, 0.5) is 17.1 Å². The molecule has 3 rings (SSSR count). The number of rotatable bonds is 8. The largest absolute Gasteiger partial charge is 0.362 e. The number of hydrogen-bond acceptors (Lipinski definition) is 4. The van der Waals surface area contributed by atoms with Crippen LogP contribution >= 0.6 is 0 Å². The first-order valence-corrected chi connectivity index (χ1v) is 10.00. The summed E-state index contributed by atoms with van der Waals surface area (Å²) in [4.78, 5) is 26.0. The lowest BCUT2D eigenvalue weighted by atomic mass is 10.1. The number of benzene rings is 3. The number of aryl methyl sites for hydroxylation is 1. The molecule has 0 aromatic heterocycles. The molecule has 0 unspecified atom stereocenters. The zero-order valence-corrected chi connectivity index (χ0v) is 17.2. The van der Waals surface area contributed by atoms with Gasteiger partial charge >= 0.3 is 0 Å². The highest BCUT2D eigenvalue weighted by atomic mass is 16.6. The summed E-state index contributed by atoms with van der Waals surface area (Å²) in [6.07, 6.45) is 0.778. The zero-order chi connectivity index (χ0) is 21.5. The topological polar surface area (TPSA) is 75.5 Å². The highest BCUT2D eigenvalue weighted by Crippen LogP contribution is 2.31. The number of carbonyl (C=O) groups is 1. The van der Waals surface area contributed by atoms with Crippen molar-refractivity contribution in [2.24, 2.45) is 0 Å². The summed E-state index contributed by atoms with van der Waals surface area (Å²) in [5, 5.41) is 14.6. The first-order valence-electron chi connectivity index (χ1n) is 10.00. The Bertz CT molecular complexity index is 1030. The molecule has 1 N–H and O–H groups in total. The molecule has 30 heavy (non-hydrogen) atoms. The van der Waals surface area contributed by atoms with E-state index >= 15 is 0 Å². The van der Waals surface area contributed by atoms with Crippen molar-refractivity contribution in [2.45, 2.75) is 26.8 Å². The maximum atomic E-state index is 12.8. The van der Waals surface area contributed by atoms with Crippen LogP contribution in [-0.2, 0) is 13.0 Å². The fourth-order valence-corrected chi connectivity index (χ4v) is 3.39. The predicted molar refractivity (Wildman–Crippen MR) is 120 cm³/mol. The summed E-state index contributed by atoms with van der Waals surface area (Å²) < 4.78 is 0. The molecule has 0 aliphatic rings. The Morgan fingerprint density at radius 1 is 1.00 bits per heavy atom. The number of anilines is 2. The third-order valence-corrected chi connectivity index (χ3v) is 5.02. The standard InChI is InChI=1S/C24H25N3O3/c1-3-19-12-8-9-13-21(19)25-24(28)20-14-15-22(23(16-20)27(29)30)26(4-2)17-18-10-6-5-7-11-18/h5-16H,3-4,17H2,1-2H3,(H,25,28). The Kier molecular flexibility index (Phi) is 6.80. The smallest absolute Gasteiger partial charge is 0.293 e. The lowest BCUT2D eigenvalue weighted by molar-refractivity contribution is -0.384. The van der Waals surface area contributed by atoms with Gasteiger partial charge < -0.3 is 10.2 Å². The minimum Gasteiger partial charge on any atom is -0.362 e. The van der Waals surface area contributed by atoms with E-state index in [0.29, 0.717) is 18.8 Å². The van der Waals surface area contributed by atoms with Crippen LogP contribution in [0.1, 0.15) is 35.3 Å². The second-order valence-electron chi connectivity index (χ2n) is 6.93. The summed E-state index contributed by atoms with van der Waals surface area (Å²) in [5.41, 5.74) is 3.47. The van der Waals surface area contributed by atoms with Gasteiger partial charge in [-0.1, -0.05) is 55.5 Å². The summed E-state index contributed by atoms with van der Waals surface area (Å²) >= 11 is 0. The van der Waals surface area contributed by atoms with Crippen molar-refractivity contribution in [2.75, 3.05) is 16.8 Å². The molecule has 3 aromatic rings. The van der Waals surface area contributed by atoms with E-state index in [9.17, 15) is 14.9 Å². The molecule has 6 heteroatoms. The van der Waals surface area contributed by atoms with Gasteiger partial charge in [0.05, 0.1) is 4.92 Å². The van der Waals surface area contributed by atoms with E-state index in [0.717, 1.165) is 23.2 Å². The number of carbonyl (C=O) groups excluding carboxylic acids is 1. The number of nitrogens with one attached hydrogen (secondary N) is 1. The van der Waals surface area contributed by atoms with Crippen molar-refractivity contribution < 1.29 is 9.72 Å². The molecule has 0 saturated carbocycles. The molecule has 0 fully saturated rings. The summed E-state index contributed by atoms with van der Waals surface area (Å²) in [6, 6.07) is 22.0. The van der Waals surface area contributed by atoms with Gasteiger partial charge in [0.15, 0.2) is 0 Å². The van der Waals surface area contributed by atoms with Crippen LogP contribution < -0.4 is 10.2 Å². The van der Waals surface area contributed by atoms with Gasteiger partial charge in [0, 0.05) is 30.4 Å². The Morgan fingerprint density at radius 3 is 2.37 bits per heavy atom. The molecular weight excluding hydrogens is 378 g/mol. The van der Waals surface area contributed by atoms with E-state index < -0.39 is 4.92 Å². The molecule has 0 radical (unpaired) electrons. The molecule has 1 amide bonds. The molecule has 0 aliphatic heterocycles. The third-order valence-electron chi connectivity index (χ3n) is 5.02. The van der Waals surface area contributed by atoms with Crippen molar-refractivity contribution in [1.82, 2.24) is 0 Å². The normalized spacial score (nSPS) is 10.5. The van der Waals surface area contributed by atoms with E-state index in [2.05, 4.69) is 5.32 Å². The predicted octanol–water partition coefficient (Wildman–Crippen LogP) is 5.44. The van der Waals surface area contributed by atoms with Gasteiger partial charge in [-0.05, 0) is 42.7 Å². The highest BCUT2D eigenvalue weighted by molar-refractivity contribution is 6.05. The molecule has 0 heterocycles. The van der Waals surface area contributed by atoms with Crippen molar-refractivity contribution in [1.29, 1.82) is 0 Å². The molecule has 154 valence electrons. The quantitative estimate of drug-likeness (QED) is 0.402. The Balaban J connectivity index is 1.89. The van der Waals surface area contributed by atoms with E-state index in [-0.39, 0.29) is 17.2 Å². The summed E-state index contributed by atoms with van der Waals surface area (Å²) in [7, 11) is 0. The number of nitro groups is 1. The number of amides is 1. The molecule has 0 saturated heterocycles. The van der Waals surface area contributed by atoms with Crippen LogP contribution in [0, 0.1) is 10.1 Å². The first-order chi connectivity index (χ1) is 14.5. The maximum absolute atomic E-state index is 12.8. The maximum Gasteiger partial charge on any atom is 0.293 e. The number of hydrogen-bond donors (Lipinski definition) is 1. The summed E-state index contributed by atoms with van der Waals surface area (Å²) in [6.45, 7) is 5.12. The van der Waals surface area contributed by atoms with Crippen molar-refractivity contribution >= 4 is 23.0 Å². The summed E-state index contributed by atoms with van der Waals surface area (Å²) in [5.74, 6) is -0.364. The molecule has 0 bridgehead atoms. The molecule has 0 aliphatic carbocycles. The number of nitro benzene ring substituents is 1.